The maximum Gasteiger partial charge on any atom is 0.529 e. The van der Waals surface area contributed by atoms with E-state index < -0.39 is 19.6 Å². The van der Waals surface area contributed by atoms with Crippen molar-refractivity contribution in [3.8, 4) is 0 Å². The summed E-state index contributed by atoms with van der Waals surface area (Å²) in [4.78, 5) is 11.0. The standard InChI is InChI=1S/C7H13O6P/c1-5-12-7(8)6(2)13-14(9,10-3)11-4/h2,5H2,1,3-4H3. The molecule has 0 rings (SSSR count). The molecule has 0 aromatic carbocycles. The SMILES string of the molecule is C=C(OP(=O)(OC)OC)C(=O)OCC. The third-order valence-corrected chi connectivity index (χ3v) is 2.51. The van der Waals surface area contributed by atoms with E-state index in [4.69, 9.17) is 0 Å². The molecule has 82 valence electrons. The van der Waals surface area contributed by atoms with Crippen LogP contribution in [-0.4, -0.2) is 26.8 Å². The van der Waals surface area contributed by atoms with Crippen molar-refractivity contribution in [2.75, 3.05) is 20.8 Å². The van der Waals surface area contributed by atoms with Crippen LogP contribution in [0.1, 0.15) is 6.92 Å². The summed E-state index contributed by atoms with van der Waals surface area (Å²) in [7, 11) is -1.46. The molecule has 14 heavy (non-hydrogen) atoms. The highest BCUT2D eigenvalue weighted by Gasteiger charge is 2.28. The van der Waals surface area contributed by atoms with E-state index >= 15 is 0 Å². The monoisotopic (exact) mass is 224 g/mol. The Morgan fingerprint density at radius 3 is 2.21 bits per heavy atom. The highest BCUT2D eigenvalue weighted by molar-refractivity contribution is 7.48. The van der Waals surface area contributed by atoms with Crippen molar-refractivity contribution in [3.05, 3.63) is 12.3 Å². The fraction of sp³-hybridized carbons (Fsp3) is 0.571. The van der Waals surface area contributed by atoms with Crippen molar-refractivity contribution in [1.29, 1.82) is 0 Å². The normalized spacial score (nSPS) is 10.8. The van der Waals surface area contributed by atoms with Crippen LogP contribution < -0.4 is 0 Å². The van der Waals surface area contributed by atoms with Gasteiger partial charge < -0.3 is 9.26 Å². The van der Waals surface area contributed by atoms with Crippen molar-refractivity contribution in [2.45, 2.75) is 6.92 Å². The lowest BCUT2D eigenvalue weighted by Gasteiger charge is -2.14. The first-order chi connectivity index (χ1) is 6.49. The van der Waals surface area contributed by atoms with Crippen LogP contribution in [0.15, 0.2) is 12.3 Å². The van der Waals surface area contributed by atoms with Gasteiger partial charge >= 0.3 is 13.8 Å². The molecule has 0 aliphatic heterocycles. The largest absolute Gasteiger partial charge is 0.529 e. The Hall–Kier alpha value is -0.840. The van der Waals surface area contributed by atoms with Gasteiger partial charge in [-0.15, -0.1) is 0 Å². The molecule has 0 atom stereocenters. The summed E-state index contributed by atoms with van der Waals surface area (Å²) in [6.45, 7) is 5.02. The number of phosphoric acid groups is 1. The number of ether oxygens (including phenoxy) is 1. The number of rotatable bonds is 6. The predicted molar refractivity (Wildman–Crippen MR) is 48.5 cm³/mol. The quantitative estimate of drug-likeness (QED) is 0.294. The van der Waals surface area contributed by atoms with Gasteiger partial charge in [0.25, 0.3) is 0 Å². The summed E-state index contributed by atoms with van der Waals surface area (Å²) in [6, 6.07) is 0. The summed E-state index contributed by atoms with van der Waals surface area (Å²) in [6.07, 6.45) is 0. The molecule has 0 N–H and O–H groups in total. The molecule has 0 unspecified atom stereocenters. The van der Waals surface area contributed by atoms with Crippen LogP contribution in [0, 0.1) is 0 Å². The van der Waals surface area contributed by atoms with Crippen molar-refractivity contribution >= 4 is 13.8 Å². The molecule has 0 aliphatic carbocycles. The van der Waals surface area contributed by atoms with Crippen LogP contribution in [0.3, 0.4) is 0 Å². The summed E-state index contributed by atoms with van der Waals surface area (Å²) >= 11 is 0. The molecule has 0 radical (unpaired) electrons. The minimum absolute atomic E-state index is 0.172. The smallest absolute Gasteiger partial charge is 0.460 e. The zero-order chi connectivity index (χ0) is 11.2. The molecule has 0 aliphatic rings. The van der Waals surface area contributed by atoms with Crippen LogP contribution in [0.5, 0.6) is 0 Å². The van der Waals surface area contributed by atoms with Crippen LogP contribution in [-0.2, 0) is 27.7 Å². The number of hydrogen-bond acceptors (Lipinski definition) is 6. The summed E-state index contributed by atoms with van der Waals surface area (Å²) in [5.74, 6) is -1.22. The first-order valence-electron chi connectivity index (χ1n) is 3.76. The number of phosphoric ester groups is 1. The molecule has 0 spiro atoms. The summed E-state index contributed by atoms with van der Waals surface area (Å²) < 4.78 is 29.3. The fourth-order valence-corrected chi connectivity index (χ4v) is 1.18. The lowest BCUT2D eigenvalue weighted by atomic mass is 10.6. The minimum Gasteiger partial charge on any atom is -0.460 e. The van der Waals surface area contributed by atoms with E-state index in [2.05, 4.69) is 24.9 Å². The topological polar surface area (TPSA) is 71.1 Å². The Morgan fingerprint density at radius 2 is 1.86 bits per heavy atom. The molecule has 0 fully saturated rings. The van der Waals surface area contributed by atoms with Gasteiger partial charge in [0, 0.05) is 14.2 Å². The molecular weight excluding hydrogens is 211 g/mol. The third-order valence-electron chi connectivity index (χ3n) is 1.17. The Balaban J connectivity index is 4.31. The van der Waals surface area contributed by atoms with E-state index in [1.165, 1.54) is 0 Å². The molecule has 0 bridgehead atoms. The number of carbonyl (C=O) groups excluding carboxylic acids is 1. The first kappa shape index (κ1) is 13.2. The zero-order valence-electron chi connectivity index (χ0n) is 8.31. The second-order valence-electron chi connectivity index (χ2n) is 2.05. The van der Waals surface area contributed by atoms with Gasteiger partial charge in [-0.25, -0.2) is 9.36 Å². The number of carbonyl (C=O) groups is 1. The highest BCUT2D eigenvalue weighted by atomic mass is 31.2. The van der Waals surface area contributed by atoms with E-state index in [-0.39, 0.29) is 6.61 Å². The molecular formula is C7H13O6P. The maximum atomic E-state index is 11.3. The summed E-state index contributed by atoms with van der Waals surface area (Å²) in [5, 5.41) is 0. The average Bonchev–Trinajstić information content (AvgIpc) is 2.18. The Kier molecular flexibility index (Phi) is 5.45. The van der Waals surface area contributed by atoms with Crippen molar-refractivity contribution in [1.82, 2.24) is 0 Å². The van der Waals surface area contributed by atoms with E-state index in [0.29, 0.717) is 0 Å². The minimum atomic E-state index is -3.72. The lowest BCUT2D eigenvalue weighted by Crippen LogP contribution is -2.09. The van der Waals surface area contributed by atoms with Crippen molar-refractivity contribution in [3.63, 3.8) is 0 Å². The van der Waals surface area contributed by atoms with Crippen LogP contribution in [0.4, 0.5) is 0 Å². The molecule has 0 heterocycles. The van der Waals surface area contributed by atoms with Crippen LogP contribution in [0.2, 0.25) is 0 Å². The zero-order valence-corrected chi connectivity index (χ0v) is 9.21. The van der Waals surface area contributed by atoms with Crippen molar-refractivity contribution in [2.24, 2.45) is 0 Å². The van der Waals surface area contributed by atoms with Gasteiger partial charge in [-0.3, -0.25) is 9.05 Å². The van der Waals surface area contributed by atoms with E-state index in [0.717, 1.165) is 14.2 Å². The third kappa shape index (κ3) is 3.91. The Bertz CT molecular complexity index is 253. The fourth-order valence-electron chi connectivity index (χ4n) is 0.533. The van der Waals surface area contributed by atoms with Gasteiger partial charge in [0.15, 0.2) is 0 Å². The predicted octanol–water partition coefficient (Wildman–Crippen LogP) is 1.48. The first-order valence-corrected chi connectivity index (χ1v) is 5.22. The summed E-state index contributed by atoms with van der Waals surface area (Å²) in [5.41, 5.74) is 0. The second kappa shape index (κ2) is 5.80. The van der Waals surface area contributed by atoms with Crippen LogP contribution in [0.25, 0.3) is 0 Å². The number of esters is 1. The molecule has 0 saturated carbocycles. The van der Waals surface area contributed by atoms with Crippen LogP contribution >= 0.6 is 7.82 Å². The average molecular weight is 224 g/mol. The van der Waals surface area contributed by atoms with Gasteiger partial charge in [0.1, 0.15) is 0 Å². The van der Waals surface area contributed by atoms with Gasteiger partial charge in [-0.1, -0.05) is 0 Å². The van der Waals surface area contributed by atoms with Gasteiger partial charge in [-0.2, -0.15) is 0 Å². The highest BCUT2D eigenvalue weighted by Crippen LogP contribution is 2.49. The molecule has 6 nitrogen and oxygen atoms in total. The Labute approximate surface area is 82.4 Å². The van der Waals surface area contributed by atoms with E-state index in [1.54, 1.807) is 6.92 Å². The van der Waals surface area contributed by atoms with E-state index in [9.17, 15) is 9.36 Å². The second-order valence-corrected chi connectivity index (χ2v) is 3.85. The maximum absolute atomic E-state index is 11.3. The molecule has 0 amide bonds. The Morgan fingerprint density at radius 1 is 1.36 bits per heavy atom. The molecule has 0 aromatic rings. The van der Waals surface area contributed by atoms with Gasteiger partial charge in [0.2, 0.25) is 5.76 Å². The molecule has 7 heteroatoms. The van der Waals surface area contributed by atoms with Gasteiger partial charge in [-0.05, 0) is 13.5 Å². The lowest BCUT2D eigenvalue weighted by molar-refractivity contribution is -0.141. The number of hydrogen-bond donors (Lipinski definition) is 0. The van der Waals surface area contributed by atoms with Gasteiger partial charge in [0.05, 0.1) is 6.61 Å². The van der Waals surface area contributed by atoms with Crippen molar-refractivity contribution < 1.29 is 27.7 Å². The van der Waals surface area contributed by atoms with E-state index in [1.807, 2.05) is 0 Å². The molecule has 0 saturated heterocycles. The molecule has 0 aromatic heterocycles.